The molecule has 3 nitrogen and oxygen atoms in total. The van der Waals surface area contributed by atoms with E-state index in [1.807, 2.05) is 0 Å². The Hall–Kier alpha value is -0.800. The van der Waals surface area contributed by atoms with Crippen molar-refractivity contribution in [3.8, 4) is 0 Å². The number of aliphatic hydroxyl groups excluding tert-OH is 1. The topological polar surface area (TPSA) is 45.4 Å². The highest BCUT2D eigenvalue weighted by molar-refractivity contribution is 5.24. The number of hydrogen-bond donors (Lipinski definition) is 2. The average Bonchev–Trinajstić information content (AvgIpc) is 2.74. The molecular weight excluding hydrogens is 190 g/mol. The van der Waals surface area contributed by atoms with Crippen LogP contribution in [-0.2, 0) is 6.42 Å². The molecule has 0 fully saturated rings. The molecule has 1 aromatic rings. The quantitative estimate of drug-likeness (QED) is 0.797. The fraction of sp³-hybridized carbons (Fsp3) is 0.667. The molecule has 3 heteroatoms. The van der Waals surface area contributed by atoms with Gasteiger partial charge in [-0.15, -0.1) is 0 Å². The number of nitrogens with one attached hydrogen (secondary N) is 1. The second-order valence-corrected chi connectivity index (χ2v) is 4.20. The molecule has 0 spiro atoms. The summed E-state index contributed by atoms with van der Waals surface area (Å²) in [6.45, 7) is 2.30. The largest absolute Gasteiger partial charge is 0.469 e. The summed E-state index contributed by atoms with van der Waals surface area (Å²) in [6.07, 6.45) is 6.09. The Balaban J connectivity index is 2.06. The predicted octanol–water partition coefficient (Wildman–Crippen LogP) is 2.02. The third-order valence-electron chi connectivity index (χ3n) is 3.20. The van der Waals surface area contributed by atoms with Gasteiger partial charge in [-0.05, 0) is 25.3 Å². The highest BCUT2D eigenvalue weighted by Gasteiger charge is 2.23. The summed E-state index contributed by atoms with van der Waals surface area (Å²) in [4.78, 5) is 0. The molecule has 0 amide bonds. The first kappa shape index (κ1) is 10.7. The maximum Gasteiger partial charge on any atom is 0.108 e. The van der Waals surface area contributed by atoms with Gasteiger partial charge >= 0.3 is 0 Å². The van der Waals surface area contributed by atoms with Crippen LogP contribution in [0.25, 0.3) is 0 Å². The second-order valence-electron chi connectivity index (χ2n) is 4.20. The van der Waals surface area contributed by atoms with Gasteiger partial charge in [0, 0.05) is 24.1 Å². The third kappa shape index (κ3) is 2.24. The zero-order valence-corrected chi connectivity index (χ0v) is 9.20. The van der Waals surface area contributed by atoms with Gasteiger partial charge < -0.3 is 14.8 Å². The van der Waals surface area contributed by atoms with E-state index in [9.17, 15) is 0 Å². The standard InChI is InChI=1S/C12H19NO2/c1-2-9(8-14)13-11-4-3-5-12-10(11)6-7-15-12/h6-7,9,11,13-14H,2-5,8H2,1H3/t9-,11?/m0/s1. The number of rotatable bonds is 4. The Bertz CT molecular complexity index is 304. The number of aryl methyl sites for hydroxylation is 1. The van der Waals surface area contributed by atoms with E-state index in [0.29, 0.717) is 6.04 Å². The van der Waals surface area contributed by atoms with Gasteiger partial charge in [-0.25, -0.2) is 0 Å². The Morgan fingerprint density at radius 2 is 2.53 bits per heavy atom. The van der Waals surface area contributed by atoms with E-state index in [1.54, 1.807) is 6.26 Å². The Morgan fingerprint density at radius 3 is 3.27 bits per heavy atom. The van der Waals surface area contributed by atoms with Crippen LogP contribution >= 0.6 is 0 Å². The molecule has 2 N–H and O–H groups in total. The molecule has 0 saturated carbocycles. The predicted molar refractivity (Wildman–Crippen MR) is 58.7 cm³/mol. The van der Waals surface area contributed by atoms with E-state index in [0.717, 1.165) is 25.0 Å². The zero-order valence-electron chi connectivity index (χ0n) is 9.20. The summed E-state index contributed by atoms with van der Waals surface area (Å²) >= 11 is 0. The van der Waals surface area contributed by atoms with Crippen molar-refractivity contribution in [3.63, 3.8) is 0 Å². The van der Waals surface area contributed by atoms with E-state index in [2.05, 4.69) is 18.3 Å². The second kappa shape index (κ2) is 4.81. The van der Waals surface area contributed by atoms with Gasteiger partial charge in [-0.3, -0.25) is 0 Å². The van der Waals surface area contributed by atoms with Crippen molar-refractivity contribution in [1.82, 2.24) is 5.32 Å². The van der Waals surface area contributed by atoms with Crippen LogP contribution in [0.5, 0.6) is 0 Å². The number of furan rings is 1. The fourth-order valence-corrected chi connectivity index (χ4v) is 2.24. The molecule has 2 atom stereocenters. The van der Waals surface area contributed by atoms with Crippen LogP contribution in [0.3, 0.4) is 0 Å². The van der Waals surface area contributed by atoms with Gasteiger partial charge in [0.1, 0.15) is 5.76 Å². The van der Waals surface area contributed by atoms with E-state index in [4.69, 9.17) is 9.52 Å². The number of fused-ring (bicyclic) bond motifs is 1. The lowest BCUT2D eigenvalue weighted by Crippen LogP contribution is -2.36. The average molecular weight is 209 g/mol. The number of aliphatic hydroxyl groups is 1. The van der Waals surface area contributed by atoms with Gasteiger partial charge in [0.05, 0.1) is 12.9 Å². The van der Waals surface area contributed by atoms with E-state index < -0.39 is 0 Å². The molecule has 2 rings (SSSR count). The molecule has 1 aliphatic rings. The van der Waals surface area contributed by atoms with Crippen molar-refractivity contribution in [1.29, 1.82) is 0 Å². The first-order valence-electron chi connectivity index (χ1n) is 5.78. The molecule has 1 unspecified atom stereocenters. The van der Waals surface area contributed by atoms with Crippen LogP contribution in [0, 0.1) is 0 Å². The minimum Gasteiger partial charge on any atom is -0.469 e. The summed E-state index contributed by atoms with van der Waals surface area (Å²) in [7, 11) is 0. The molecule has 0 aromatic carbocycles. The molecule has 1 aliphatic carbocycles. The van der Waals surface area contributed by atoms with E-state index in [-0.39, 0.29) is 12.6 Å². The van der Waals surface area contributed by atoms with Crippen LogP contribution in [-0.4, -0.2) is 17.8 Å². The van der Waals surface area contributed by atoms with Crippen molar-refractivity contribution >= 4 is 0 Å². The number of hydrogen-bond acceptors (Lipinski definition) is 3. The maximum atomic E-state index is 9.17. The van der Waals surface area contributed by atoms with Gasteiger partial charge in [0.15, 0.2) is 0 Å². The van der Waals surface area contributed by atoms with Crippen molar-refractivity contribution in [3.05, 3.63) is 23.7 Å². The Labute approximate surface area is 90.5 Å². The first-order chi connectivity index (χ1) is 7.35. The summed E-state index contributed by atoms with van der Waals surface area (Å²) in [6, 6.07) is 2.62. The van der Waals surface area contributed by atoms with Gasteiger partial charge in [0.25, 0.3) is 0 Å². The lowest BCUT2D eigenvalue weighted by Gasteiger charge is -2.26. The van der Waals surface area contributed by atoms with Crippen molar-refractivity contribution < 1.29 is 9.52 Å². The van der Waals surface area contributed by atoms with Crippen molar-refractivity contribution in [2.45, 2.75) is 44.7 Å². The maximum absolute atomic E-state index is 9.17. The highest BCUT2D eigenvalue weighted by atomic mass is 16.3. The van der Waals surface area contributed by atoms with Gasteiger partial charge in [0.2, 0.25) is 0 Å². The molecule has 0 aliphatic heterocycles. The molecule has 84 valence electrons. The van der Waals surface area contributed by atoms with Crippen LogP contribution in [0.2, 0.25) is 0 Å². The van der Waals surface area contributed by atoms with Gasteiger partial charge in [-0.2, -0.15) is 0 Å². The molecule has 1 heterocycles. The summed E-state index contributed by atoms with van der Waals surface area (Å²) < 4.78 is 5.43. The zero-order chi connectivity index (χ0) is 10.7. The summed E-state index contributed by atoms with van der Waals surface area (Å²) in [5.41, 5.74) is 1.29. The van der Waals surface area contributed by atoms with Crippen molar-refractivity contribution in [2.24, 2.45) is 0 Å². The van der Waals surface area contributed by atoms with Crippen molar-refractivity contribution in [2.75, 3.05) is 6.61 Å². The first-order valence-corrected chi connectivity index (χ1v) is 5.78. The lowest BCUT2D eigenvalue weighted by atomic mass is 9.92. The molecule has 0 radical (unpaired) electrons. The lowest BCUT2D eigenvalue weighted by molar-refractivity contribution is 0.222. The van der Waals surface area contributed by atoms with Crippen LogP contribution in [0.1, 0.15) is 43.6 Å². The van der Waals surface area contributed by atoms with Crippen LogP contribution in [0.15, 0.2) is 16.7 Å². The van der Waals surface area contributed by atoms with Crippen LogP contribution in [0.4, 0.5) is 0 Å². The fourth-order valence-electron chi connectivity index (χ4n) is 2.24. The summed E-state index contributed by atoms with van der Waals surface area (Å²) in [5, 5.41) is 12.7. The molecule has 1 aromatic heterocycles. The smallest absolute Gasteiger partial charge is 0.108 e. The summed E-state index contributed by atoms with van der Waals surface area (Å²) in [5.74, 6) is 1.12. The molecule has 15 heavy (non-hydrogen) atoms. The van der Waals surface area contributed by atoms with E-state index in [1.165, 1.54) is 12.0 Å². The Morgan fingerprint density at radius 1 is 1.67 bits per heavy atom. The van der Waals surface area contributed by atoms with Gasteiger partial charge in [-0.1, -0.05) is 6.92 Å². The monoisotopic (exact) mass is 209 g/mol. The molecule has 0 bridgehead atoms. The minimum atomic E-state index is 0.204. The molecule has 0 saturated heterocycles. The highest BCUT2D eigenvalue weighted by Crippen LogP contribution is 2.30. The minimum absolute atomic E-state index is 0.204. The Kier molecular flexibility index (Phi) is 3.44. The molecular formula is C12H19NO2. The SMILES string of the molecule is CC[C@@H](CO)NC1CCCc2occc21. The van der Waals surface area contributed by atoms with E-state index >= 15 is 0 Å². The van der Waals surface area contributed by atoms with Crippen LogP contribution < -0.4 is 5.32 Å². The normalized spacial score (nSPS) is 22.4. The third-order valence-corrected chi connectivity index (χ3v) is 3.20.